The lowest BCUT2D eigenvalue weighted by atomic mass is 10.2. The minimum atomic E-state index is -0.0349. The number of anilines is 1. The molecule has 2 aliphatic rings. The second kappa shape index (κ2) is 7.72. The van der Waals surface area contributed by atoms with Gasteiger partial charge in [-0.2, -0.15) is 0 Å². The Morgan fingerprint density at radius 1 is 0.875 bits per heavy atom. The second-order valence-corrected chi connectivity index (χ2v) is 7.03. The van der Waals surface area contributed by atoms with E-state index in [4.69, 9.17) is 23.2 Å². The van der Waals surface area contributed by atoms with Gasteiger partial charge in [-0.25, -0.2) is 0 Å². The monoisotopic (exact) mass is 369 g/mol. The first kappa shape index (κ1) is 17.5. The average molecular weight is 370 g/mol. The normalized spacial score (nSPS) is 19.9. The number of rotatable bonds is 4. The van der Waals surface area contributed by atoms with Crippen molar-refractivity contribution in [1.82, 2.24) is 9.80 Å². The number of likely N-dealkylation sites (tertiary alicyclic amines) is 1. The van der Waals surface area contributed by atoms with E-state index in [1.165, 1.54) is 4.90 Å². The molecule has 0 bridgehead atoms. The van der Waals surface area contributed by atoms with Crippen LogP contribution in [0.25, 0.3) is 0 Å². The molecular weight excluding hydrogens is 349 g/mol. The zero-order valence-electron chi connectivity index (χ0n) is 13.5. The molecule has 2 amide bonds. The predicted molar refractivity (Wildman–Crippen MR) is 95.7 cm³/mol. The molecule has 2 saturated heterocycles. The molecule has 0 saturated carbocycles. The number of benzene rings is 1. The van der Waals surface area contributed by atoms with Crippen molar-refractivity contribution in [3.05, 3.63) is 28.2 Å². The Morgan fingerprint density at radius 3 is 2.33 bits per heavy atom. The van der Waals surface area contributed by atoms with Gasteiger partial charge in [-0.15, -0.1) is 0 Å². The van der Waals surface area contributed by atoms with Gasteiger partial charge in [0, 0.05) is 51.3 Å². The lowest BCUT2D eigenvalue weighted by Gasteiger charge is -2.25. The van der Waals surface area contributed by atoms with Crippen molar-refractivity contribution in [2.45, 2.75) is 19.3 Å². The molecule has 130 valence electrons. The highest BCUT2D eigenvalue weighted by molar-refractivity contribution is 6.42. The molecule has 2 aliphatic heterocycles. The van der Waals surface area contributed by atoms with Crippen LogP contribution in [-0.4, -0.2) is 60.9 Å². The van der Waals surface area contributed by atoms with Crippen LogP contribution in [0.2, 0.25) is 10.0 Å². The van der Waals surface area contributed by atoms with E-state index in [1.807, 2.05) is 18.2 Å². The molecule has 0 radical (unpaired) electrons. The van der Waals surface area contributed by atoms with Gasteiger partial charge < -0.3 is 4.90 Å². The smallest absolute Gasteiger partial charge is 0.229 e. The largest absolute Gasteiger partial charge is 0.370 e. The van der Waals surface area contributed by atoms with Crippen LogP contribution >= 0.6 is 23.2 Å². The van der Waals surface area contributed by atoms with Gasteiger partial charge in [0.25, 0.3) is 0 Å². The van der Waals surface area contributed by atoms with Gasteiger partial charge in [0.15, 0.2) is 0 Å². The van der Waals surface area contributed by atoms with Gasteiger partial charge in [-0.3, -0.25) is 19.4 Å². The molecule has 0 unspecified atom stereocenters. The number of amides is 2. The van der Waals surface area contributed by atoms with Crippen LogP contribution < -0.4 is 4.90 Å². The van der Waals surface area contributed by atoms with Gasteiger partial charge in [-0.05, 0) is 31.2 Å². The van der Waals surface area contributed by atoms with E-state index in [0.29, 0.717) is 29.4 Å². The molecule has 0 N–H and O–H groups in total. The van der Waals surface area contributed by atoms with Crippen molar-refractivity contribution in [2.24, 2.45) is 0 Å². The number of imide groups is 1. The van der Waals surface area contributed by atoms with E-state index in [0.717, 1.165) is 44.8 Å². The van der Waals surface area contributed by atoms with E-state index in [-0.39, 0.29) is 11.8 Å². The third-order valence-corrected chi connectivity index (χ3v) is 5.39. The third kappa shape index (κ3) is 4.02. The van der Waals surface area contributed by atoms with Crippen LogP contribution in [0.15, 0.2) is 18.2 Å². The zero-order chi connectivity index (χ0) is 17.1. The highest BCUT2D eigenvalue weighted by Crippen LogP contribution is 2.27. The fourth-order valence-electron chi connectivity index (χ4n) is 3.25. The number of hydrogen-bond acceptors (Lipinski definition) is 4. The molecule has 0 atom stereocenters. The summed E-state index contributed by atoms with van der Waals surface area (Å²) in [5, 5.41) is 1.14. The van der Waals surface area contributed by atoms with Gasteiger partial charge in [0.2, 0.25) is 11.8 Å². The number of carbonyl (C=O) groups is 2. The van der Waals surface area contributed by atoms with Crippen molar-refractivity contribution < 1.29 is 9.59 Å². The highest BCUT2D eigenvalue weighted by Gasteiger charge is 2.29. The first-order chi connectivity index (χ1) is 11.5. The van der Waals surface area contributed by atoms with Crippen LogP contribution in [-0.2, 0) is 9.59 Å². The maximum Gasteiger partial charge on any atom is 0.229 e. The molecular formula is C17H21Cl2N3O2. The highest BCUT2D eigenvalue weighted by atomic mass is 35.5. The first-order valence-electron chi connectivity index (χ1n) is 8.30. The van der Waals surface area contributed by atoms with E-state index in [1.54, 1.807) is 0 Å². The lowest BCUT2D eigenvalue weighted by Crippen LogP contribution is -2.39. The second-order valence-electron chi connectivity index (χ2n) is 6.22. The first-order valence-corrected chi connectivity index (χ1v) is 9.06. The van der Waals surface area contributed by atoms with E-state index >= 15 is 0 Å². The molecule has 1 aromatic carbocycles. The summed E-state index contributed by atoms with van der Waals surface area (Å²) in [6.07, 6.45) is 1.76. The summed E-state index contributed by atoms with van der Waals surface area (Å²) in [7, 11) is 0. The zero-order valence-corrected chi connectivity index (χ0v) is 15.0. The molecule has 2 fully saturated rings. The number of halogens is 2. The lowest BCUT2D eigenvalue weighted by molar-refractivity contribution is -0.138. The standard InChI is InChI=1S/C17H21Cl2N3O2/c18-14-3-2-13(12-15(14)19)21-7-1-6-20(8-10-21)9-11-22-16(23)4-5-17(22)24/h2-3,12H,1,4-11H2. The van der Waals surface area contributed by atoms with Crippen LogP contribution in [0.4, 0.5) is 5.69 Å². The predicted octanol–water partition coefficient (Wildman–Crippen LogP) is 2.65. The molecule has 2 heterocycles. The van der Waals surface area contributed by atoms with Crippen molar-refractivity contribution in [1.29, 1.82) is 0 Å². The number of hydrogen-bond donors (Lipinski definition) is 0. The summed E-state index contributed by atoms with van der Waals surface area (Å²) in [4.78, 5) is 29.4. The van der Waals surface area contributed by atoms with Crippen LogP contribution in [0, 0.1) is 0 Å². The van der Waals surface area contributed by atoms with Gasteiger partial charge in [0.05, 0.1) is 10.0 Å². The summed E-state index contributed by atoms with van der Waals surface area (Å²) in [5.74, 6) is -0.0699. The molecule has 7 heteroatoms. The summed E-state index contributed by atoms with van der Waals surface area (Å²) in [6.45, 7) is 4.96. The maximum absolute atomic E-state index is 11.7. The number of carbonyl (C=O) groups excluding carboxylic acids is 2. The quantitative estimate of drug-likeness (QED) is 0.765. The van der Waals surface area contributed by atoms with Crippen LogP contribution in [0.5, 0.6) is 0 Å². The van der Waals surface area contributed by atoms with Crippen molar-refractivity contribution in [2.75, 3.05) is 44.2 Å². The average Bonchev–Trinajstić information content (AvgIpc) is 2.77. The Kier molecular flexibility index (Phi) is 5.64. The molecule has 0 spiro atoms. The van der Waals surface area contributed by atoms with E-state index in [2.05, 4.69) is 9.80 Å². The summed E-state index contributed by atoms with van der Waals surface area (Å²) >= 11 is 12.1. The van der Waals surface area contributed by atoms with Crippen molar-refractivity contribution >= 4 is 40.7 Å². The van der Waals surface area contributed by atoms with Gasteiger partial charge in [0.1, 0.15) is 0 Å². The Hall–Kier alpha value is -1.30. The third-order valence-electron chi connectivity index (χ3n) is 4.65. The maximum atomic E-state index is 11.7. The fourth-order valence-corrected chi connectivity index (χ4v) is 3.54. The Bertz CT molecular complexity index is 622. The summed E-state index contributed by atoms with van der Waals surface area (Å²) in [5.41, 5.74) is 1.08. The summed E-state index contributed by atoms with van der Waals surface area (Å²) < 4.78 is 0. The van der Waals surface area contributed by atoms with Crippen molar-refractivity contribution in [3.8, 4) is 0 Å². The minimum Gasteiger partial charge on any atom is -0.370 e. The Balaban J connectivity index is 1.54. The Labute approximate surface area is 152 Å². The van der Waals surface area contributed by atoms with E-state index < -0.39 is 0 Å². The topological polar surface area (TPSA) is 43.9 Å². The minimum absolute atomic E-state index is 0.0349. The molecule has 3 rings (SSSR count). The van der Waals surface area contributed by atoms with Gasteiger partial charge in [-0.1, -0.05) is 23.2 Å². The molecule has 0 aliphatic carbocycles. The number of nitrogens with zero attached hydrogens (tertiary/aromatic N) is 3. The fraction of sp³-hybridized carbons (Fsp3) is 0.529. The van der Waals surface area contributed by atoms with Crippen LogP contribution in [0.1, 0.15) is 19.3 Å². The summed E-state index contributed by atoms with van der Waals surface area (Å²) in [6, 6.07) is 5.72. The molecule has 5 nitrogen and oxygen atoms in total. The van der Waals surface area contributed by atoms with Crippen LogP contribution in [0.3, 0.4) is 0 Å². The molecule has 1 aromatic rings. The Morgan fingerprint density at radius 2 is 1.62 bits per heavy atom. The molecule has 24 heavy (non-hydrogen) atoms. The van der Waals surface area contributed by atoms with Crippen molar-refractivity contribution in [3.63, 3.8) is 0 Å². The van der Waals surface area contributed by atoms with Gasteiger partial charge >= 0.3 is 0 Å². The molecule has 0 aromatic heterocycles. The van der Waals surface area contributed by atoms with E-state index in [9.17, 15) is 9.59 Å². The SMILES string of the molecule is O=C1CCC(=O)N1CCN1CCCN(c2ccc(Cl)c(Cl)c2)CC1.